The molecule has 0 saturated heterocycles. The Balaban J connectivity index is 2.55. The van der Waals surface area contributed by atoms with Crippen molar-refractivity contribution in [3.63, 3.8) is 0 Å². The quantitative estimate of drug-likeness (QED) is 0.756. The first-order valence-corrected chi connectivity index (χ1v) is 4.70. The lowest BCUT2D eigenvalue weighted by Crippen LogP contribution is -2.07. The third kappa shape index (κ3) is 2.20. The predicted octanol–water partition coefficient (Wildman–Crippen LogP) is 2.70. The molecule has 0 aliphatic carbocycles. The van der Waals surface area contributed by atoms with E-state index in [1.165, 1.54) is 0 Å². The Labute approximate surface area is 94.5 Å². The number of hydrogen-bond donors (Lipinski definition) is 0. The number of alkyl halides is 3. The van der Waals surface area contributed by atoms with Gasteiger partial charge in [-0.25, -0.2) is 4.68 Å². The van der Waals surface area contributed by atoms with Crippen LogP contribution in [0.25, 0.3) is 5.69 Å². The summed E-state index contributed by atoms with van der Waals surface area (Å²) in [6.45, 7) is 0. The summed E-state index contributed by atoms with van der Waals surface area (Å²) in [5.74, 6) is 0. The van der Waals surface area contributed by atoms with Crippen LogP contribution in [-0.4, -0.2) is 16.1 Å². The van der Waals surface area contributed by atoms with E-state index in [9.17, 15) is 18.0 Å². The minimum absolute atomic E-state index is 0.136. The first-order valence-electron chi connectivity index (χ1n) is 4.70. The minimum Gasteiger partial charge on any atom is -0.296 e. The van der Waals surface area contributed by atoms with E-state index < -0.39 is 11.9 Å². The van der Waals surface area contributed by atoms with E-state index in [0.717, 1.165) is 10.7 Å². The van der Waals surface area contributed by atoms with Gasteiger partial charge in [-0.2, -0.15) is 18.3 Å². The van der Waals surface area contributed by atoms with Crippen LogP contribution in [0.1, 0.15) is 16.2 Å². The molecule has 1 heterocycles. The number of benzene rings is 1. The van der Waals surface area contributed by atoms with Gasteiger partial charge < -0.3 is 0 Å². The first kappa shape index (κ1) is 11.4. The Kier molecular flexibility index (Phi) is 2.71. The molecule has 1 aromatic heterocycles. The number of aromatic nitrogens is 2. The number of carbonyl (C=O) groups excluding carboxylic acids is 1. The Hall–Kier alpha value is -2.11. The fourth-order valence-electron chi connectivity index (χ4n) is 1.39. The summed E-state index contributed by atoms with van der Waals surface area (Å²) in [6, 6.07) is 8.89. The molecule has 6 heteroatoms. The number of nitrogens with zero attached hydrogens (tertiary/aromatic N) is 2. The molecule has 0 saturated carbocycles. The van der Waals surface area contributed by atoms with Gasteiger partial charge in [-0.1, -0.05) is 18.2 Å². The van der Waals surface area contributed by atoms with Crippen molar-refractivity contribution in [2.45, 2.75) is 6.18 Å². The highest BCUT2D eigenvalue weighted by atomic mass is 19.4. The smallest absolute Gasteiger partial charge is 0.296 e. The van der Waals surface area contributed by atoms with Crippen molar-refractivity contribution in [3.05, 3.63) is 47.8 Å². The zero-order valence-electron chi connectivity index (χ0n) is 8.48. The third-order valence-electron chi connectivity index (χ3n) is 2.15. The molecule has 2 aromatic rings. The molecule has 0 amide bonds. The molecule has 0 unspecified atom stereocenters. The number of aldehydes is 1. The van der Waals surface area contributed by atoms with Gasteiger partial charge in [0.25, 0.3) is 0 Å². The zero-order chi connectivity index (χ0) is 12.5. The maximum absolute atomic E-state index is 12.4. The summed E-state index contributed by atoms with van der Waals surface area (Å²) >= 11 is 0. The minimum atomic E-state index is -4.56. The van der Waals surface area contributed by atoms with Gasteiger partial charge in [0.1, 0.15) is 5.69 Å². The van der Waals surface area contributed by atoms with E-state index in [4.69, 9.17) is 0 Å². The molecule has 17 heavy (non-hydrogen) atoms. The fraction of sp³-hybridized carbons (Fsp3) is 0.0909. The summed E-state index contributed by atoms with van der Waals surface area (Å²) in [7, 11) is 0. The molecule has 0 aliphatic rings. The lowest BCUT2D eigenvalue weighted by atomic mass is 10.3. The second kappa shape index (κ2) is 4.04. The fourth-order valence-corrected chi connectivity index (χ4v) is 1.39. The number of hydrogen-bond acceptors (Lipinski definition) is 2. The zero-order valence-corrected chi connectivity index (χ0v) is 8.48. The van der Waals surface area contributed by atoms with Crippen LogP contribution in [0.4, 0.5) is 13.2 Å². The molecule has 1 aromatic carbocycles. The molecule has 3 nitrogen and oxygen atoms in total. The lowest BCUT2D eigenvalue weighted by molar-refractivity contribution is -0.141. The molecule has 88 valence electrons. The SMILES string of the molecule is O=Cc1cc(C(F)(F)F)nn1-c1ccccc1. The van der Waals surface area contributed by atoms with Crippen molar-refractivity contribution in [1.29, 1.82) is 0 Å². The normalized spacial score (nSPS) is 11.5. The summed E-state index contributed by atoms with van der Waals surface area (Å²) in [6.07, 6.45) is -4.22. The number of rotatable bonds is 2. The molecule has 0 radical (unpaired) electrons. The summed E-state index contributed by atoms with van der Waals surface area (Å²) in [4.78, 5) is 10.7. The molecule has 0 bridgehead atoms. The predicted molar refractivity (Wildman–Crippen MR) is 54.0 cm³/mol. The third-order valence-corrected chi connectivity index (χ3v) is 2.15. The monoisotopic (exact) mass is 240 g/mol. The second-order valence-corrected chi connectivity index (χ2v) is 3.32. The molecule has 0 N–H and O–H groups in total. The maximum atomic E-state index is 12.4. The van der Waals surface area contributed by atoms with E-state index in [1.807, 2.05) is 0 Å². The summed E-state index contributed by atoms with van der Waals surface area (Å²) in [5.41, 5.74) is -0.808. The molecule has 0 aliphatic heterocycles. The van der Waals surface area contributed by atoms with Crippen molar-refractivity contribution in [1.82, 2.24) is 9.78 Å². The van der Waals surface area contributed by atoms with Crippen LogP contribution in [0.2, 0.25) is 0 Å². The van der Waals surface area contributed by atoms with E-state index >= 15 is 0 Å². The highest BCUT2D eigenvalue weighted by Crippen LogP contribution is 2.29. The van der Waals surface area contributed by atoms with Gasteiger partial charge in [-0.15, -0.1) is 0 Å². The average molecular weight is 240 g/mol. The Bertz CT molecular complexity index is 531. The van der Waals surface area contributed by atoms with Crippen LogP contribution in [0, 0.1) is 0 Å². The highest BCUT2D eigenvalue weighted by Gasteiger charge is 2.35. The van der Waals surface area contributed by atoms with Crippen LogP contribution in [0.3, 0.4) is 0 Å². The molecule has 0 atom stereocenters. The largest absolute Gasteiger partial charge is 0.435 e. The van der Waals surface area contributed by atoms with E-state index in [0.29, 0.717) is 12.0 Å². The number of halogens is 3. The van der Waals surface area contributed by atoms with Crippen molar-refractivity contribution in [2.24, 2.45) is 0 Å². The van der Waals surface area contributed by atoms with Gasteiger partial charge in [-0.3, -0.25) is 4.79 Å². The summed E-state index contributed by atoms with van der Waals surface area (Å²) in [5, 5.41) is 3.38. The van der Waals surface area contributed by atoms with E-state index in [2.05, 4.69) is 5.10 Å². The van der Waals surface area contributed by atoms with Crippen molar-refractivity contribution in [2.75, 3.05) is 0 Å². The van der Waals surface area contributed by atoms with Crippen LogP contribution in [0.5, 0.6) is 0 Å². The van der Waals surface area contributed by atoms with E-state index in [-0.39, 0.29) is 5.69 Å². The van der Waals surface area contributed by atoms with Crippen LogP contribution >= 0.6 is 0 Å². The van der Waals surface area contributed by atoms with Crippen LogP contribution in [0.15, 0.2) is 36.4 Å². The average Bonchev–Trinajstić information content (AvgIpc) is 2.73. The summed E-state index contributed by atoms with van der Waals surface area (Å²) < 4.78 is 38.3. The maximum Gasteiger partial charge on any atom is 0.435 e. The van der Waals surface area contributed by atoms with Gasteiger partial charge in [0.2, 0.25) is 0 Å². The molecular formula is C11H7F3N2O. The van der Waals surface area contributed by atoms with Gasteiger partial charge in [-0.05, 0) is 18.2 Å². The van der Waals surface area contributed by atoms with E-state index in [1.54, 1.807) is 30.3 Å². The van der Waals surface area contributed by atoms with Gasteiger partial charge >= 0.3 is 6.18 Å². The van der Waals surface area contributed by atoms with Gasteiger partial charge in [0.05, 0.1) is 5.69 Å². The molecule has 0 spiro atoms. The van der Waals surface area contributed by atoms with Crippen molar-refractivity contribution < 1.29 is 18.0 Å². The number of carbonyl (C=O) groups is 1. The van der Waals surface area contributed by atoms with Crippen LogP contribution in [-0.2, 0) is 6.18 Å². The second-order valence-electron chi connectivity index (χ2n) is 3.32. The van der Waals surface area contributed by atoms with Crippen molar-refractivity contribution >= 4 is 6.29 Å². The standard InChI is InChI=1S/C11H7F3N2O/c12-11(13,14)10-6-9(7-17)16(15-10)8-4-2-1-3-5-8/h1-7H. The van der Waals surface area contributed by atoms with Crippen LogP contribution < -0.4 is 0 Å². The van der Waals surface area contributed by atoms with Crippen molar-refractivity contribution in [3.8, 4) is 5.69 Å². The number of para-hydroxylation sites is 1. The lowest BCUT2D eigenvalue weighted by Gasteiger charge is -2.03. The topological polar surface area (TPSA) is 34.9 Å². The first-order chi connectivity index (χ1) is 8.02. The molecule has 0 fully saturated rings. The Morgan fingerprint density at radius 1 is 1.18 bits per heavy atom. The molecular weight excluding hydrogens is 233 g/mol. The Morgan fingerprint density at radius 3 is 2.35 bits per heavy atom. The van der Waals surface area contributed by atoms with Gasteiger partial charge in [0.15, 0.2) is 12.0 Å². The molecule has 2 rings (SSSR count). The Morgan fingerprint density at radius 2 is 1.82 bits per heavy atom. The highest BCUT2D eigenvalue weighted by molar-refractivity contribution is 5.73. The van der Waals surface area contributed by atoms with Gasteiger partial charge in [0, 0.05) is 0 Å².